The van der Waals surface area contributed by atoms with Crippen LogP contribution in [-0.4, -0.2) is 76.7 Å². The average molecular weight is 1830 g/mol. The number of carbonyl (C=O) groups excluding carboxylic acids is 4. The van der Waals surface area contributed by atoms with E-state index in [2.05, 4.69) is 55.4 Å². The molecule has 0 saturated heterocycles. The van der Waals surface area contributed by atoms with Gasteiger partial charge in [0.15, 0.2) is 0 Å². The molecule has 0 bridgehead atoms. The normalized spacial score (nSPS) is 11.4. The van der Waals surface area contributed by atoms with Crippen molar-refractivity contribution in [3.63, 3.8) is 0 Å². The molecule has 0 aliphatic rings. The Morgan fingerprint density at radius 1 is 0.157 bits per heavy atom. The van der Waals surface area contributed by atoms with Gasteiger partial charge in [0.2, 0.25) is 0 Å². The second kappa shape index (κ2) is 61.7. The Morgan fingerprint density at radius 3 is 0.448 bits per heavy atom. The number of hydrogen-bond donors (Lipinski definition) is 0. The molecule has 0 amide bonds. The maximum absolute atomic E-state index is 15.2. The number of fused-ring (bicyclic) bond motifs is 11. The number of carbonyl (C=O) groups is 4. The molecule has 10 rings (SSSR count). The van der Waals surface area contributed by atoms with Crippen LogP contribution in [0.1, 0.15) is 405 Å². The fraction of sp³-hybridized carbons (Fsp3) is 0.542. The third-order valence-electron chi connectivity index (χ3n) is 25.3. The van der Waals surface area contributed by atoms with Gasteiger partial charge in [-0.3, -0.25) is 0 Å². The van der Waals surface area contributed by atoms with E-state index in [9.17, 15) is 0 Å². The first-order valence-corrected chi connectivity index (χ1v) is 52.7. The highest BCUT2D eigenvalue weighted by molar-refractivity contribution is 6.40. The smallest absolute Gasteiger partial charge is 0.343 e. The van der Waals surface area contributed by atoms with Crippen LogP contribution in [0.4, 0.5) is 0 Å². The van der Waals surface area contributed by atoms with Gasteiger partial charge in [-0.25, -0.2) is 19.2 Å². The summed E-state index contributed by atoms with van der Waals surface area (Å²) in [4.78, 5) is 60.9. The molecular formula is C118H160O16. The lowest BCUT2D eigenvalue weighted by molar-refractivity contribution is 0.0724. The molecule has 0 heterocycles. The van der Waals surface area contributed by atoms with Gasteiger partial charge in [0.1, 0.15) is 69.0 Å². The first kappa shape index (κ1) is 106. The molecule has 0 fully saturated rings. The topological polar surface area (TPSA) is 179 Å². The van der Waals surface area contributed by atoms with Crippen LogP contribution >= 0.6 is 0 Å². The van der Waals surface area contributed by atoms with Crippen LogP contribution in [0.2, 0.25) is 0 Å². The van der Waals surface area contributed by atoms with Crippen molar-refractivity contribution in [2.75, 3.05) is 52.9 Å². The number of hydrogen-bond acceptors (Lipinski definition) is 16. The van der Waals surface area contributed by atoms with E-state index in [1.165, 1.54) is 154 Å². The highest BCUT2D eigenvalue weighted by Crippen LogP contribution is 2.48. The van der Waals surface area contributed by atoms with Crippen LogP contribution in [0.5, 0.6) is 69.0 Å². The van der Waals surface area contributed by atoms with Gasteiger partial charge in [-0.1, -0.05) is 336 Å². The summed E-state index contributed by atoms with van der Waals surface area (Å²) in [6.07, 6.45) is 52.8. The molecule has 16 nitrogen and oxygen atoms in total. The third kappa shape index (κ3) is 36.1. The minimum atomic E-state index is -0.614. The molecule has 0 saturated carbocycles. The van der Waals surface area contributed by atoms with Crippen LogP contribution in [0.25, 0.3) is 53.9 Å². The Kier molecular flexibility index (Phi) is 48.7. The van der Waals surface area contributed by atoms with Gasteiger partial charge in [0.25, 0.3) is 0 Å². The van der Waals surface area contributed by atoms with E-state index in [1.54, 1.807) is 72.8 Å². The lowest BCUT2D eigenvalue weighted by Crippen LogP contribution is -2.10. The lowest BCUT2D eigenvalue weighted by Gasteiger charge is -2.19. The number of ether oxygens (including phenoxy) is 12. The van der Waals surface area contributed by atoms with E-state index < -0.39 is 23.9 Å². The summed E-state index contributed by atoms with van der Waals surface area (Å²) in [6.45, 7) is 21.6. The Balaban J connectivity index is 1.13. The summed E-state index contributed by atoms with van der Waals surface area (Å²) < 4.78 is 78.1. The van der Waals surface area contributed by atoms with E-state index in [0.717, 1.165) is 176 Å². The monoisotopic (exact) mass is 1830 g/mol. The second-order valence-electron chi connectivity index (χ2n) is 36.8. The number of esters is 4. The van der Waals surface area contributed by atoms with E-state index in [0.29, 0.717) is 131 Å². The summed E-state index contributed by atoms with van der Waals surface area (Å²) >= 11 is 0. The molecule has 0 atom stereocenters. The molecule has 0 N–H and O–H groups in total. The van der Waals surface area contributed by atoms with Crippen molar-refractivity contribution in [2.45, 2.75) is 364 Å². The zero-order valence-electron chi connectivity index (χ0n) is 83.0. The van der Waals surface area contributed by atoms with Gasteiger partial charge < -0.3 is 56.8 Å². The molecule has 134 heavy (non-hydrogen) atoms. The standard InChI is InChI=1S/C118H160O16/c1-9-17-25-33-41-49-65-123-97-73-89(74-98(81-97)124-66-50-42-34-26-18-10-2)115(119)131-93-57-61-105-106-62-58-95(133-117(121)91-77-101(127-69-53-45-37-29-21-13-5)83-102(78-91)128-70-54-46-38-30-22-14-6)87-111(106)114-112-88-96(134-118(122)92-79-103(129-71-55-47-39-31-23-15-7)84-104(80-92)130-72-56-48-40-32-24-16-8)60-64-108(112)107-63-59-94(86-110(107)113(114)109(105)85-93)132-116(120)90-75-99(125-67-51-43-35-27-19-11-3)82-100(76-90)126-68-52-44-36-28-20-12-4/h57-64,73-88H,9-56,65-72H2,1-8H3. The molecule has 0 radical (unpaired) electrons. The molecule has 16 heteroatoms. The Morgan fingerprint density at radius 2 is 0.299 bits per heavy atom. The molecule has 0 aromatic heterocycles. The van der Waals surface area contributed by atoms with Crippen LogP contribution in [0.15, 0.2) is 146 Å². The number of unbranched alkanes of at least 4 members (excludes halogenated alkanes) is 40. The van der Waals surface area contributed by atoms with Crippen LogP contribution in [-0.2, 0) is 0 Å². The van der Waals surface area contributed by atoms with Crippen LogP contribution in [0, 0.1) is 0 Å². The molecule has 0 aliphatic carbocycles. The van der Waals surface area contributed by atoms with Crippen molar-refractivity contribution >= 4 is 77.7 Å². The predicted octanol–water partition coefficient (Wildman–Crippen LogP) is 34.2. The summed E-state index contributed by atoms with van der Waals surface area (Å²) in [5.74, 6) is 2.69. The highest BCUT2D eigenvalue weighted by atomic mass is 16.6. The fourth-order valence-corrected chi connectivity index (χ4v) is 17.6. The minimum Gasteiger partial charge on any atom is -0.493 e. The summed E-state index contributed by atoms with van der Waals surface area (Å²) in [5, 5.41) is 7.01. The van der Waals surface area contributed by atoms with E-state index in [-0.39, 0.29) is 45.3 Å². The van der Waals surface area contributed by atoms with Crippen molar-refractivity contribution in [3.05, 3.63) is 168 Å². The number of benzene rings is 10. The zero-order chi connectivity index (χ0) is 94.4. The molecule has 0 spiro atoms. The zero-order valence-corrected chi connectivity index (χ0v) is 83.0. The van der Waals surface area contributed by atoms with Gasteiger partial charge in [-0.05, 0) is 202 Å². The quantitative estimate of drug-likeness (QED) is 0.0152. The summed E-state index contributed by atoms with van der Waals surface area (Å²) in [7, 11) is 0. The van der Waals surface area contributed by atoms with E-state index >= 15 is 19.2 Å². The average Bonchev–Trinajstić information content (AvgIpc) is 0.702. The minimum absolute atomic E-state index is 0.246. The maximum Gasteiger partial charge on any atom is 0.343 e. The van der Waals surface area contributed by atoms with Crippen LogP contribution < -0.4 is 56.8 Å². The Labute approximate surface area is 802 Å². The predicted molar refractivity (Wildman–Crippen MR) is 551 cm³/mol. The van der Waals surface area contributed by atoms with E-state index in [4.69, 9.17) is 56.8 Å². The largest absolute Gasteiger partial charge is 0.493 e. The Hall–Kier alpha value is -10.2. The van der Waals surface area contributed by atoms with Crippen molar-refractivity contribution in [3.8, 4) is 69.0 Å². The fourth-order valence-electron chi connectivity index (χ4n) is 17.6. The van der Waals surface area contributed by atoms with Gasteiger partial charge in [-0.15, -0.1) is 0 Å². The second-order valence-corrected chi connectivity index (χ2v) is 36.8. The SMILES string of the molecule is CCCCCCCCOc1cc(OCCCCCCCC)cc(C(=O)Oc2ccc3c4ccc(OC(=O)c5cc(OCCCCCCCC)cc(OCCCCCCCC)c5)cc4c4c5cc(OC(=O)c6cc(OCCCCCCCC)cc(OCCCCCCCC)c6)ccc5c5ccc(OC(=O)c6cc(OCCCCCCCC)cc(OCCCCCCCC)c6)cc5c4c3c2)c1. The third-order valence-corrected chi connectivity index (χ3v) is 25.3. The lowest BCUT2D eigenvalue weighted by atomic mass is 9.87. The van der Waals surface area contributed by atoms with E-state index in [1.807, 2.05) is 72.8 Å². The van der Waals surface area contributed by atoms with Gasteiger partial charge >= 0.3 is 23.9 Å². The summed E-state index contributed by atoms with van der Waals surface area (Å²) in [6, 6.07) is 43.9. The number of rotatable bonds is 72. The van der Waals surface area contributed by atoms with Gasteiger partial charge in [0.05, 0.1) is 75.1 Å². The first-order chi connectivity index (χ1) is 65.8. The molecule has 728 valence electrons. The molecule has 0 aliphatic heterocycles. The van der Waals surface area contributed by atoms with Crippen molar-refractivity contribution < 1.29 is 76.0 Å². The molecular weight excluding hydrogens is 1670 g/mol. The molecule has 10 aromatic carbocycles. The highest BCUT2D eigenvalue weighted by Gasteiger charge is 2.25. The molecule has 0 unspecified atom stereocenters. The van der Waals surface area contributed by atoms with Gasteiger partial charge in [0, 0.05) is 24.3 Å². The molecule has 10 aromatic rings. The van der Waals surface area contributed by atoms with Crippen molar-refractivity contribution in [2.24, 2.45) is 0 Å². The van der Waals surface area contributed by atoms with Crippen molar-refractivity contribution in [1.82, 2.24) is 0 Å². The maximum atomic E-state index is 15.2. The van der Waals surface area contributed by atoms with Crippen LogP contribution in [0.3, 0.4) is 0 Å². The Bertz CT molecular complexity index is 4390. The van der Waals surface area contributed by atoms with Gasteiger partial charge in [-0.2, -0.15) is 0 Å². The first-order valence-electron chi connectivity index (χ1n) is 52.7. The summed E-state index contributed by atoms with van der Waals surface area (Å²) in [5.41, 5.74) is 1.05. The van der Waals surface area contributed by atoms with Crippen molar-refractivity contribution in [1.29, 1.82) is 0 Å².